The minimum absolute atomic E-state index is 0.221. The van der Waals surface area contributed by atoms with Crippen LogP contribution in [0, 0.1) is 11.3 Å². The van der Waals surface area contributed by atoms with Gasteiger partial charge in [0.2, 0.25) is 0 Å². The van der Waals surface area contributed by atoms with Crippen LogP contribution in [0.3, 0.4) is 0 Å². The van der Waals surface area contributed by atoms with Gasteiger partial charge in [-0.1, -0.05) is 6.92 Å². The fraction of sp³-hybridized carbons (Fsp3) is 0.556. The first-order valence-corrected chi connectivity index (χ1v) is 6.66. The van der Waals surface area contributed by atoms with Crippen molar-refractivity contribution in [3.05, 3.63) is 9.81 Å². The predicted octanol–water partition coefficient (Wildman–Crippen LogP) is 1.97. The minimum Gasteiger partial charge on any atom is -0.351 e. The van der Waals surface area contributed by atoms with Gasteiger partial charge in [0, 0.05) is 6.54 Å². The van der Waals surface area contributed by atoms with Crippen molar-refractivity contribution in [1.82, 2.24) is 5.32 Å². The van der Waals surface area contributed by atoms with Crippen LogP contribution in [0.15, 0.2) is 9.81 Å². The van der Waals surface area contributed by atoms with Gasteiger partial charge in [-0.25, -0.2) is 0 Å². The van der Waals surface area contributed by atoms with E-state index in [0.29, 0.717) is 6.54 Å². The van der Waals surface area contributed by atoms with Crippen LogP contribution in [0.2, 0.25) is 0 Å². The molecule has 0 spiro atoms. The Morgan fingerprint density at radius 1 is 1.43 bits per heavy atom. The second-order valence-electron chi connectivity index (χ2n) is 2.44. The summed E-state index contributed by atoms with van der Waals surface area (Å²) in [7, 11) is 0. The molecule has 0 fully saturated rings. The van der Waals surface area contributed by atoms with E-state index in [4.69, 9.17) is 5.26 Å². The van der Waals surface area contributed by atoms with E-state index in [1.807, 2.05) is 25.5 Å². The normalized spacial score (nSPS) is 9.00. The maximum Gasteiger partial charge on any atom is 0.263 e. The molecule has 0 aliphatic heterocycles. The average Bonchev–Trinajstić information content (AvgIpc) is 2.22. The van der Waals surface area contributed by atoms with Crippen LogP contribution in [-0.2, 0) is 4.79 Å². The van der Waals surface area contributed by atoms with Gasteiger partial charge >= 0.3 is 0 Å². The summed E-state index contributed by atoms with van der Waals surface area (Å²) in [5.74, 6) is -0.270. The zero-order valence-electron chi connectivity index (χ0n) is 8.59. The lowest BCUT2D eigenvalue weighted by molar-refractivity contribution is -0.117. The first-order chi connectivity index (χ1) is 6.71. The highest BCUT2D eigenvalue weighted by molar-refractivity contribution is 8.21. The van der Waals surface area contributed by atoms with Gasteiger partial charge in [-0.05, 0) is 18.9 Å². The van der Waals surface area contributed by atoms with E-state index in [1.54, 1.807) is 0 Å². The van der Waals surface area contributed by atoms with Crippen LogP contribution in [0.4, 0.5) is 0 Å². The molecule has 1 amide bonds. The quantitative estimate of drug-likeness (QED) is 0.579. The Kier molecular flexibility index (Phi) is 7.44. The summed E-state index contributed by atoms with van der Waals surface area (Å²) in [6.45, 7) is 2.58. The molecule has 0 unspecified atom stereocenters. The van der Waals surface area contributed by atoms with E-state index in [2.05, 4.69) is 5.32 Å². The number of nitrogens with one attached hydrogen (secondary N) is 1. The SMILES string of the molecule is CCCNC(=O)C(C#N)=C(SC)SC. The summed E-state index contributed by atoms with van der Waals surface area (Å²) in [5.41, 5.74) is 0.221. The van der Waals surface area contributed by atoms with Crippen molar-refractivity contribution >= 4 is 29.4 Å². The van der Waals surface area contributed by atoms with E-state index in [-0.39, 0.29) is 11.5 Å². The Bertz CT molecular complexity index is 262. The molecule has 0 aliphatic carbocycles. The highest BCUT2D eigenvalue weighted by Crippen LogP contribution is 2.27. The van der Waals surface area contributed by atoms with E-state index in [0.717, 1.165) is 10.7 Å². The summed E-state index contributed by atoms with van der Waals surface area (Å²) in [6, 6.07) is 1.94. The van der Waals surface area contributed by atoms with Gasteiger partial charge in [0.05, 0.1) is 4.24 Å². The summed E-state index contributed by atoms with van der Waals surface area (Å²) in [6.07, 6.45) is 4.59. The molecule has 0 atom stereocenters. The molecule has 3 nitrogen and oxygen atoms in total. The molecule has 0 saturated heterocycles. The van der Waals surface area contributed by atoms with Crippen LogP contribution in [0.1, 0.15) is 13.3 Å². The Morgan fingerprint density at radius 2 is 2.00 bits per heavy atom. The minimum atomic E-state index is -0.270. The number of rotatable bonds is 5. The van der Waals surface area contributed by atoms with Crippen LogP contribution < -0.4 is 5.32 Å². The van der Waals surface area contributed by atoms with E-state index >= 15 is 0 Å². The van der Waals surface area contributed by atoms with Gasteiger partial charge in [0.25, 0.3) is 5.91 Å². The summed E-state index contributed by atoms with van der Waals surface area (Å²) in [4.78, 5) is 11.5. The smallest absolute Gasteiger partial charge is 0.263 e. The Hall–Kier alpha value is -0.600. The van der Waals surface area contributed by atoms with Crippen LogP contribution >= 0.6 is 23.5 Å². The van der Waals surface area contributed by atoms with E-state index < -0.39 is 0 Å². The molecule has 0 aliphatic rings. The number of amides is 1. The second kappa shape index (κ2) is 7.77. The standard InChI is InChI=1S/C9H14N2OS2/c1-4-5-11-8(12)7(6-10)9(13-2)14-3/h4-5H2,1-3H3,(H,11,12). The highest BCUT2D eigenvalue weighted by Gasteiger charge is 2.13. The molecule has 14 heavy (non-hydrogen) atoms. The lowest BCUT2D eigenvalue weighted by Gasteiger charge is -2.05. The number of hydrogen-bond acceptors (Lipinski definition) is 4. The maximum atomic E-state index is 11.5. The van der Waals surface area contributed by atoms with Crippen LogP contribution in [0.5, 0.6) is 0 Å². The molecule has 5 heteroatoms. The molecule has 1 N–H and O–H groups in total. The van der Waals surface area contributed by atoms with Crippen molar-refractivity contribution in [3.63, 3.8) is 0 Å². The molecular formula is C9H14N2OS2. The van der Waals surface area contributed by atoms with Crippen LogP contribution in [0.25, 0.3) is 0 Å². The van der Waals surface area contributed by atoms with Gasteiger partial charge in [0.15, 0.2) is 0 Å². The molecule has 0 saturated carbocycles. The first kappa shape index (κ1) is 13.4. The third kappa shape index (κ3) is 4.07. The average molecular weight is 230 g/mol. The van der Waals surface area contributed by atoms with Gasteiger partial charge in [-0.15, -0.1) is 23.5 Å². The molecule has 0 bridgehead atoms. The number of thioether (sulfide) groups is 2. The summed E-state index contributed by atoms with van der Waals surface area (Å²) in [5, 5.41) is 11.5. The number of carbonyl (C=O) groups excluding carboxylic acids is 1. The van der Waals surface area contributed by atoms with Crippen molar-refractivity contribution in [2.75, 3.05) is 19.1 Å². The first-order valence-electron chi connectivity index (χ1n) is 4.21. The largest absolute Gasteiger partial charge is 0.351 e. The molecule has 0 aromatic carbocycles. The number of hydrogen-bond donors (Lipinski definition) is 1. The van der Waals surface area contributed by atoms with Crippen LogP contribution in [-0.4, -0.2) is 25.0 Å². The van der Waals surface area contributed by atoms with E-state index in [9.17, 15) is 4.79 Å². The monoisotopic (exact) mass is 230 g/mol. The zero-order chi connectivity index (χ0) is 11.0. The van der Waals surface area contributed by atoms with Crippen molar-refractivity contribution in [1.29, 1.82) is 5.26 Å². The lowest BCUT2D eigenvalue weighted by atomic mass is 10.3. The molecule has 0 rings (SSSR count). The zero-order valence-corrected chi connectivity index (χ0v) is 10.2. The Labute approximate surface area is 93.3 Å². The van der Waals surface area contributed by atoms with Crippen molar-refractivity contribution < 1.29 is 4.79 Å². The molecule has 0 radical (unpaired) electrons. The van der Waals surface area contributed by atoms with Gasteiger partial charge < -0.3 is 5.32 Å². The maximum absolute atomic E-state index is 11.5. The second-order valence-corrected chi connectivity index (χ2v) is 4.33. The van der Waals surface area contributed by atoms with Crippen molar-refractivity contribution in [2.24, 2.45) is 0 Å². The lowest BCUT2D eigenvalue weighted by Crippen LogP contribution is -2.25. The predicted molar refractivity (Wildman–Crippen MR) is 63.0 cm³/mol. The topological polar surface area (TPSA) is 52.9 Å². The third-order valence-corrected chi connectivity index (χ3v) is 3.60. The molecule has 0 aromatic rings. The molecule has 78 valence electrons. The number of carbonyl (C=O) groups is 1. The fourth-order valence-electron chi connectivity index (χ4n) is 0.803. The van der Waals surface area contributed by atoms with E-state index in [1.165, 1.54) is 23.5 Å². The summed E-state index contributed by atoms with van der Waals surface area (Å²) < 4.78 is 0.765. The van der Waals surface area contributed by atoms with Gasteiger partial charge in [-0.2, -0.15) is 5.26 Å². The summed E-state index contributed by atoms with van der Waals surface area (Å²) >= 11 is 2.85. The Balaban J connectivity index is 4.63. The molecular weight excluding hydrogens is 216 g/mol. The molecule has 0 heterocycles. The van der Waals surface area contributed by atoms with Gasteiger partial charge in [0.1, 0.15) is 11.6 Å². The third-order valence-electron chi connectivity index (χ3n) is 1.45. The van der Waals surface area contributed by atoms with Gasteiger partial charge in [-0.3, -0.25) is 4.79 Å². The number of nitriles is 1. The highest BCUT2D eigenvalue weighted by atomic mass is 32.2. The van der Waals surface area contributed by atoms with Crippen molar-refractivity contribution in [3.8, 4) is 6.07 Å². The molecule has 0 aromatic heterocycles. The Morgan fingerprint density at radius 3 is 2.36 bits per heavy atom. The van der Waals surface area contributed by atoms with Crippen molar-refractivity contribution in [2.45, 2.75) is 13.3 Å². The fourth-order valence-corrected chi connectivity index (χ4v) is 2.16. The number of nitrogens with zero attached hydrogens (tertiary/aromatic N) is 1.